The number of nitrogens with one attached hydrogen (secondary N) is 1. The molecule has 0 aliphatic heterocycles. The van der Waals surface area contributed by atoms with Crippen LogP contribution in [0.5, 0.6) is 0 Å². The predicted octanol–water partition coefficient (Wildman–Crippen LogP) is 4.39. The molecule has 5 nitrogen and oxygen atoms in total. The molecule has 0 saturated carbocycles. The average Bonchev–Trinajstić information content (AvgIpc) is 3.09. The maximum Gasteiger partial charge on any atom is 0.237 e. The summed E-state index contributed by atoms with van der Waals surface area (Å²) in [5.41, 5.74) is 3.66. The predicted molar refractivity (Wildman–Crippen MR) is 108 cm³/mol. The van der Waals surface area contributed by atoms with Crippen LogP contribution in [-0.4, -0.2) is 17.8 Å². The fourth-order valence-corrected chi connectivity index (χ4v) is 4.33. The molecule has 0 amide bonds. The van der Waals surface area contributed by atoms with Crippen LogP contribution in [0.25, 0.3) is 16.9 Å². The molecule has 0 bridgehead atoms. The van der Waals surface area contributed by atoms with Crippen LogP contribution in [0.2, 0.25) is 0 Å². The second-order valence-corrected chi connectivity index (χ2v) is 8.27. The van der Waals surface area contributed by atoms with Crippen LogP contribution < -0.4 is 4.72 Å². The topological polar surface area (TPSA) is 63.5 Å². The number of hydrogen-bond donors (Lipinski definition) is 1. The third kappa shape index (κ3) is 3.61. The van der Waals surface area contributed by atoms with E-state index in [1.165, 1.54) is 18.2 Å². The summed E-state index contributed by atoms with van der Waals surface area (Å²) in [7, 11) is -3.80. The summed E-state index contributed by atoms with van der Waals surface area (Å²) in [6.07, 6.45) is 3.75. The minimum absolute atomic E-state index is 0.121. The van der Waals surface area contributed by atoms with E-state index in [9.17, 15) is 12.8 Å². The fourth-order valence-electron chi connectivity index (χ4n) is 3.10. The van der Waals surface area contributed by atoms with Crippen LogP contribution >= 0.6 is 0 Å². The Labute approximate surface area is 162 Å². The molecular formula is C21H18FN3O2S. The highest BCUT2D eigenvalue weighted by atomic mass is 32.2. The van der Waals surface area contributed by atoms with Gasteiger partial charge in [-0.3, -0.25) is 4.72 Å². The van der Waals surface area contributed by atoms with Gasteiger partial charge in [-0.2, -0.15) is 0 Å². The monoisotopic (exact) mass is 395 g/mol. The molecule has 4 aromatic rings. The quantitative estimate of drug-likeness (QED) is 0.545. The first-order valence-electron chi connectivity index (χ1n) is 8.70. The van der Waals surface area contributed by atoms with Crippen molar-refractivity contribution in [2.75, 3.05) is 4.72 Å². The lowest BCUT2D eigenvalue weighted by Gasteiger charge is -2.12. The molecule has 2 aromatic carbocycles. The number of fused-ring (bicyclic) bond motifs is 1. The Morgan fingerprint density at radius 2 is 1.79 bits per heavy atom. The van der Waals surface area contributed by atoms with Crippen molar-refractivity contribution in [3.63, 3.8) is 0 Å². The van der Waals surface area contributed by atoms with Gasteiger partial charge in [0.2, 0.25) is 10.0 Å². The molecule has 2 aromatic heterocycles. The molecule has 0 aliphatic carbocycles. The van der Waals surface area contributed by atoms with E-state index in [0.717, 1.165) is 11.2 Å². The van der Waals surface area contributed by atoms with Crippen molar-refractivity contribution in [2.24, 2.45) is 0 Å². The van der Waals surface area contributed by atoms with Crippen LogP contribution in [0.1, 0.15) is 11.1 Å². The van der Waals surface area contributed by atoms with Crippen molar-refractivity contribution in [2.45, 2.75) is 12.7 Å². The summed E-state index contributed by atoms with van der Waals surface area (Å²) in [4.78, 5) is 4.64. The summed E-state index contributed by atoms with van der Waals surface area (Å²) in [5, 5.41) is 0. The second kappa shape index (κ2) is 7.09. The molecule has 28 heavy (non-hydrogen) atoms. The normalized spacial score (nSPS) is 11.6. The van der Waals surface area contributed by atoms with E-state index < -0.39 is 21.6 Å². The van der Waals surface area contributed by atoms with Crippen molar-refractivity contribution in [1.29, 1.82) is 0 Å². The third-order valence-electron chi connectivity index (χ3n) is 4.45. The highest BCUT2D eigenvalue weighted by molar-refractivity contribution is 7.91. The van der Waals surface area contributed by atoms with Crippen LogP contribution in [-0.2, 0) is 15.8 Å². The molecule has 142 valence electrons. The van der Waals surface area contributed by atoms with E-state index in [-0.39, 0.29) is 5.56 Å². The van der Waals surface area contributed by atoms with Gasteiger partial charge in [0.1, 0.15) is 11.5 Å². The van der Waals surface area contributed by atoms with Crippen molar-refractivity contribution in [3.8, 4) is 11.3 Å². The Morgan fingerprint density at radius 3 is 2.57 bits per heavy atom. The van der Waals surface area contributed by atoms with Gasteiger partial charge in [-0.15, -0.1) is 0 Å². The molecule has 0 radical (unpaired) electrons. The molecule has 0 atom stereocenters. The Hall–Kier alpha value is -3.19. The first-order valence-corrected chi connectivity index (χ1v) is 10.4. The third-order valence-corrected chi connectivity index (χ3v) is 5.67. The maximum absolute atomic E-state index is 13.9. The number of pyridine rings is 1. The van der Waals surface area contributed by atoms with Crippen molar-refractivity contribution in [3.05, 3.63) is 90.0 Å². The van der Waals surface area contributed by atoms with E-state index >= 15 is 0 Å². The highest BCUT2D eigenvalue weighted by Gasteiger charge is 2.18. The van der Waals surface area contributed by atoms with Gasteiger partial charge >= 0.3 is 0 Å². The molecule has 2 heterocycles. The van der Waals surface area contributed by atoms with Crippen molar-refractivity contribution < 1.29 is 12.8 Å². The van der Waals surface area contributed by atoms with E-state index in [2.05, 4.69) is 9.71 Å². The number of benzene rings is 2. The van der Waals surface area contributed by atoms with Crippen LogP contribution in [0.3, 0.4) is 0 Å². The minimum Gasteiger partial charge on any atom is -0.306 e. The minimum atomic E-state index is -3.80. The van der Waals surface area contributed by atoms with Gasteiger partial charge in [-0.25, -0.2) is 17.8 Å². The number of halogens is 1. The van der Waals surface area contributed by atoms with E-state index in [1.54, 1.807) is 24.3 Å². The van der Waals surface area contributed by atoms with E-state index in [4.69, 9.17) is 0 Å². The first kappa shape index (κ1) is 18.2. The Morgan fingerprint density at radius 1 is 1.04 bits per heavy atom. The molecule has 4 rings (SSSR count). The lowest BCUT2D eigenvalue weighted by atomic mass is 10.1. The largest absolute Gasteiger partial charge is 0.306 e. The zero-order chi connectivity index (χ0) is 19.7. The molecule has 7 heteroatoms. The Bertz CT molecular complexity index is 1270. The molecule has 0 aliphatic rings. The Balaban J connectivity index is 1.69. The van der Waals surface area contributed by atoms with Crippen molar-refractivity contribution in [1.82, 2.24) is 9.38 Å². The highest BCUT2D eigenvalue weighted by Crippen LogP contribution is 2.29. The summed E-state index contributed by atoms with van der Waals surface area (Å²) in [6.45, 7) is 1.97. The van der Waals surface area contributed by atoms with Crippen molar-refractivity contribution >= 4 is 21.4 Å². The average molecular weight is 395 g/mol. The molecule has 0 spiro atoms. The van der Waals surface area contributed by atoms with Crippen LogP contribution in [0, 0.1) is 12.7 Å². The van der Waals surface area contributed by atoms with Gasteiger partial charge < -0.3 is 4.40 Å². The Kier molecular flexibility index (Phi) is 4.60. The molecule has 1 N–H and O–H groups in total. The van der Waals surface area contributed by atoms with Gasteiger partial charge in [-0.05, 0) is 30.7 Å². The smallest absolute Gasteiger partial charge is 0.237 e. The van der Waals surface area contributed by atoms with Gasteiger partial charge in [-0.1, -0.05) is 42.5 Å². The zero-order valence-electron chi connectivity index (χ0n) is 15.1. The standard InChI is InChI=1S/C21H18FN3O2S/c1-15-7-6-12-25-13-20(23-21(15)25)17-9-3-5-11-19(17)24-28(26,27)14-16-8-2-4-10-18(16)22/h2-13,24H,14H2,1H3. The summed E-state index contributed by atoms with van der Waals surface area (Å²) >= 11 is 0. The number of nitrogens with zero attached hydrogens (tertiary/aromatic N) is 2. The van der Waals surface area contributed by atoms with Gasteiger partial charge in [0.05, 0.1) is 17.1 Å². The summed E-state index contributed by atoms with van der Waals surface area (Å²) < 4.78 is 43.6. The summed E-state index contributed by atoms with van der Waals surface area (Å²) in [6, 6.07) is 16.8. The number of aryl methyl sites for hydroxylation is 1. The number of sulfonamides is 1. The first-order chi connectivity index (χ1) is 13.4. The fraction of sp³-hybridized carbons (Fsp3) is 0.0952. The van der Waals surface area contributed by atoms with E-state index in [1.807, 2.05) is 41.9 Å². The maximum atomic E-state index is 13.9. The van der Waals surface area contributed by atoms with Crippen LogP contribution in [0.4, 0.5) is 10.1 Å². The number of imidazole rings is 1. The molecular weight excluding hydrogens is 377 g/mol. The van der Waals surface area contributed by atoms with Gasteiger partial charge in [0.25, 0.3) is 0 Å². The summed E-state index contributed by atoms with van der Waals surface area (Å²) in [5.74, 6) is -0.991. The lowest BCUT2D eigenvalue weighted by molar-refractivity contribution is 0.591. The number of rotatable bonds is 5. The lowest BCUT2D eigenvalue weighted by Crippen LogP contribution is -2.16. The second-order valence-electron chi connectivity index (χ2n) is 6.55. The van der Waals surface area contributed by atoms with E-state index in [0.29, 0.717) is 16.9 Å². The van der Waals surface area contributed by atoms with Crippen LogP contribution in [0.15, 0.2) is 73.1 Å². The number of anilines is 1. The molecule has 0 saturated heterocycles. The van der Waals surface area contributed by atoms with Gasteiger partial charge in [0.15, 0.2) is 0 Å². The number of hydrogen-bond acceptors (Lipinski definition) is 3. The zero-order valence-corrected chi connectivity index (χ0v) is 15.9. The molecule has 0 unspecified atom stereocenters. The van der Waals surface area contributed by atoms with Gasteiger partial charge in [0, 0.05) is 23.5 Å². The number of aromatic nitrogens is 2. The SMILES string of the molecule is Cc1cccn2cc(-c3ccccc3NS(=O)(=O)Cc3ccccc3F)nc12. The number of para-hydroxylation sites is 1. The molecule has 0 fully saturated rings.